The van der Waals surface area contributed by atoms with Crippen LogP contribution in [0, 0.1) is 10.1 Å². The largest absolute Gasteiger partial charge is 0.496 e. The average Bonchev–Trinajstić information content (AvgIpc) is 2.52. The van der Waals surface area contributed by atoms with Crippen LogP contribution in [0.2, 0.25) is 0 Å². The van der Waals surface area contributed by atoms with E-state index in [4.69, 9.17) is 9.47 Å². The van der Waals surface area contributed by atoms with E-state index in [1.54, 1.807) is 12.1 Å². The summed E-state index contributed by atoms with van der Waals surface area (Å²) in [6.07, 6.45) is 0.611. The summed E-state index contributed by atoms with van der Waals surface area (Å²) in [5.74, 6) is 0.683. The molecule has 0 unspecified atom stereocenters. The van der Waals surface area contributed by atoms with Crippen molar-refractivity contribution in [3.63, 3.8) is 0 Å². The van der Waals surface area contributed by atoms with Crippen LogP contribution in [0.4, 0.5) is 5.69 Å². The minimum atomic E-state index is -0.549. The lowest BCUT2D eigenvalue weighted by atomic mass is 10.2. The maximum absolute atomic E-state index is 11.0. The van der Waals surface area contributed by atoms with Crippen LogP contribution in [0.1, 0.15) is 15.9 Å². The van der Waals surface area contributed by atoms with E-state index in [1.165, 1.54) is 25.3 Å². The van der Waals surface area contributed by atoms with Crippen LogP contribution in [0.5, 0.6) is 11.5 Å². The Morgan fingerprint density at radius 1 is 1.19 bits per heavy atom. The Hall–Kier alpha value is -2.89. The fourth-order valence-electron chi connectivity index (χ4n) is 1.85. The normalized spacial score (nSPS) is 9.95. The van der Waals surface area contributed by atoms with E-state index < -0.39 is 4.92 Å². The Balaban J connectivity index is 2.26. The zero-order valence-corrected chi connectivity index (χ0v) is 11.3. The zero-order chi connectivity index (χ0) is 15.2. The minimum absolute atomic E-state index is 0.0514. The third-order valence-electron chi connectivity index (χ3n) is 2.89. The molecule has 2 rings (SSSR count). The highest BCUT2D eigenvalue weighted by Crippen LogP contribution is 2.29. The van der Waals surface area contributed by atoms with E-state index in [0.717, 1.165) is 5.56 Å². The summed E-state index contributed by atoms with van der Waals surface area (Å²) in [6, 6.07) is 11.2. The third-order valence-corrected chi connectivity index (χ3v) is 2.89. The Bertz CT molecular complexity index is 669. The number of nitro benzene ring substituents is 1. The maximum atomic E-state index is 11.0. The molecule has 0 spiro atoms. The summed E-state index contributed by atoms with van der Waals surface area (Å²) in [7, 11) is 1.54. The number of methoxy groups -OCH3 is 1. The fourth-order valence-corrected chi connectivity index (χ4v) is 1.85. The van der Waals surface area contributed by atoms with Gasteiger partial charge in [0.2, 0.25) is 0 Å². The van der Waals surface area contributed by atoms with Gasteiger partial charge in [-0.2, -0.15) is 0 Å². The van der Waals surface area contributed by atoms with Crippen molar-refractivity contribution in [3.05, 3.63) is 63.7 Å². The van der Waals surface area contributed by atoms with Crippen LogP contribution in [-0.2, 0) is 6.61 Å². The van der Waals surface area contributed by atoms with Crippen molar-refractivity contribution in [2.75, 3.05) is 7.11 Å². The van der Waals surface area contributed by atoms with Crippen molar-refractivity contribution >= 4 is 12.0 Å². The van der Waals surface area contributed by atoms with Gasteiger partial charge in [0.05, 0.1) is 12.0 Å². The van der Waals surface area contributed by atoms with Gasteiger partial charge in [-0.15, -0.1) is 0 Å². The summed E-state index contributed by atoms with van der Waals surface area (Å²) in [6.45, 7) is 0.104. The van der Waals surface area contributed by atoms with Gasteiger partial charge in [0.15, 0.2) is 5.75 Å². The first-order chi connectivity index (χ1) is 10.2. The second-order valence-corrected chi connectivity index (χ2v) is 4.20. The molecule has 0 aromatic heterocycles. The van der Waals surface area contributed by atoms with Crippen molar-refractivity contribution in [3.8, 4) is 11.5 Å². The quantitative estimate of drug-likeness (QED) is 0.463. The molecule has 6 nitrogen and oxygen atoms in total. The number of rotatable bonds is 6. The highest BCUT2D eigenvalue weighted by molar-refractivity contribution is 5.76. The molecule has 108 valence electrons. The first-order valence-corrected chi connectivity index (χ1v) is 6.14. The van der Waals surface area contributed by atoms with E-state index >= 15 is 0 Å². The van der Waals surface area contributed by atoms with E-state index in [9.17, 15) is 14.9 Å². The number of para-hydroxylation sites is 1. The van der Waals surface area contributed by atoms with Crippen LogP contribution in [-0.4, -0.2) is 18.3 Å². The molecule has 21 heavy (non-hydrogen) atoms. The number of hydrogen-bond acceptors (Lipinski definition) is 5. The van der Waals surface area contributed by atoms with E-state index in [2.05, 4.69) is 0 Å². The van der Waals surface area contributed by atoms with Crippen LogP contribution < -0.4 is 9.47 Å². The lowest BCUT2D eigenvalue weighted by molar-refractivity contribution is -0.385. The van der Waals surface area contributed by atoms with Gasteiger partial charge in [-0.25, -0.2) is 0 Å². The zero-order valence-electron chi connectivity index (χ0n) is 11.3. The molecule has 0 saturated heterocycles. The molecule has 2 aromatic carbocycles. The van der Waals surface area contributed by atoms with E-state index in [0.29, 0.717) is 17.6 Å². The maximum Gasteiger partial charge on any atom is 0.310 e. The highest BCUT2D eigenvalue weighted by atomic mass is 16.6. The SMILES string of the molecule is COc1ccccc1COc1cc(C=O)ccc1[N+](=O)[O-]. The van der Waals surface area contributed by atoms with Gasteiger partial charge >= 0.3 is 5.69 Å². The fraction of sp³-hybridized carbons (Fsp3) is 0.133. The number of nitro groups is 1. The van der Waals surface area contributed by atoms with Crippen molar-refractivity contribution in [2.45, 2.75) is 6.61 Å². The third kappa shape index (κ3) is 3.36. The molecule has 0 aliphatic heterocycles. The average molecular weight is 287 g/mol. The van der Waals surface area contributed by atoms with Crippen molar-refractivity contribution in [1.29, 1.82) is 0 Å². The molecule has 6 heteroatoms. The Morgan fingerprint density at radius 2 is 1.95 bits per heavy atom. The number of carbonyl (C=O) groups excluding carboxylic acids is 1. The number of nitrogens with zero attached hydrogens (tertiary/aromatic N) is 1. The summed E-state index contributed by atoms with van der Waals surface area (Å²) < 4.78 is 10.7. The number of benzene rings is 2. The molecular weight excluding hydrogens is 274 g/mol. The van der Waals surface area contributed by atoms with Gasteiger partial charge in [0, 0.05) is 17.2 Å². The first kappa shape index (κ1) is 14.5. The van der Waals surface area contributed by atoms with Gasteiger partial charge in [-0.1, -0.05) is 18.2 Å². The van der Waals surface area contributed by atoms with Gasteiger partial charge in [-0.05, 0) is 18.2 Å². The standard InChI is InChI=1S/C15H13NO5/c1-20-14-5-3-2-4-12(14)10-21-15-8-11(9-17)6-7-13(15)16(18)19/h2-9H,10H2,1H3. The minimum Gasteiger partial charge on any atom is -0.496 e. The summed E-state index contributed by atoms with van der Waals surface area (Å²) in [5.41, 5.74) is 0.886. The molecule has 2 aromatic rings. The second-order valence-electron chi connectivity index (χ2n) is 4.20. The van der Waals surface area contributed by atoms with Gasteiger partial charge in [-0.3, -0.25) is 14.9 Å². The topological polar surface area (TPSA) is 78.7 Å². The summed E-state index contributed by atoms with van der Waals surface area (Å²) in [4.78, 5) is 21.2. The molecule has 0 aliphatic carbocycles. The predicted molar refractivity (Wildman–Crippen MR) is 75.8 cm³/mol. The highest BCUT2D eigenvalue weighted by Gasteiger charge is 2.16. The molecular formula is C15H13NO5. The molecule has 0 aliphatic rings. The molecule has 0 bridgehead atoms. The molecule has 0 radical (unpaired) electrons. The van der Waals surface area contributed by atoms with Crippen LogP contribution in [0.3, 0.4) is 0 Å². The van der Waals surface area contributed by atoms with Gasteiger partial charge in [0.25, 0.3) is 0 Å². The lowest BCUT2D eigenvalue weighted by Gasteiger charge is -2.10. The number of aldehydes is 1. The van der Waals surface area contributed by atoms with Gasteiger partial charge in [0.1, 0.15) is 18.6 Å². The van der Waals surface area contributed by atoms with Crippen molar-refractivity contribution < 1.29 is 19.2 Å². The number of ether oxygens (including phenoxy) is 2. The Morgan fingerprint density at radius 3 is 2.62 bits per heavy atom. The van der Waals surface area contributed by atoms with Crippen molar-refractivity contribution in [1.82, 2.24) is 0 Å². The van der Waals surface area contributed by atoms with Gasteiger partial charge < -0.3 is 9.47 Å². The Kier molecular flexibility index (Phi) is 4.50. The molecule has 0 fully saturated rings. The predicted octanol–water partition coefficient (Wildman–Crippen LogP) is 2.99. The summed E-state index contributed by atoms with van der Waals surface area (Å²) >= 11 is 0. The molecule has 0 heterocycles. The van der Waals surface area contributed by atoms with E-state index in [1.807, 2.05) is 12.1 Å². The monoisotopic (exact) mass is 287 g/mol. The van der Waals surface area contributed by atoms with Crippen LogP contribution in [0.15, 0.2) is 42.5 Å². The van der Waals surface area contributed by atoms with Crippen molar-refractivity contribution in [2.24, 2.45) is 0 Å². The number of carbonyl (C=O) groups is 1. The van der Waals surface area contributed by atoms with Crippen LogP contribution >= 0.6 is 0 Å². The Labute approximate surface area is 121 Å². The molecule has 0 atom stereocenters. The summed E-state index contributed by atoms with van der Waals surface area (Å²) in [5, 5.41) is 11.0. The molecule has 0 amide bonds. The molecule has 0 N–H and O–H groups in total. The smallest absolute Gasteiger partial charge is 0.310 e. The molecule has 0 saturated carbocycles. The first-order valence-electron chi connectivity index (χ1n) is 6.14. The second kappa shape index (κ2) is 6.51. The number of hydrogen-bond donors (Lipinski definition) is 0. The lowest BCUT2D eigenvalue weighted by Crippen LogP contribution is -2.01. The van der Waals surface area contributed by atoms with E-state index in [-0.39, 0.29) is 18.0 Å². The van der Waals surface area contributed by atoms with Crippen LogP contribution in [0.25, 0.3) is 0 Å².